The summed E-state index contributed by atoms with van der Waals surface area (Å²) < 4.78 is 11.1. The van der Waals surface area contributed by atoms with Crippen molar-refractivity contribution in [2.45, 2.75) is 45.8 Å². The van der Waals surface area contributed by atoms with Crippen LogP contribution >= 0.6 is 0 Å². The highest BCUT2D eigenvalue weighted by molar-refractivity contribution is 6.00. The van der Waals surface area contributed by atoms with E-state index < -0.39 is 11.0 Å². The van der Waals surface area contributed by atoms with Gasteiger partial charge >= 0.3 is 0 Å². The average molecular weight is 343 g/mol. The van der Waals surface area contributed by atoms with E-state index in [0.717, 1.165) is 11.1 Å². The lowest BCUT2D eigenvalue weighted by atomic mass is 9.54. The fraction of sp³-hybridized carbons (Fsp3) is 0.474. The van der Waals surface area contributed by atoms with Gasteiger partial charge in [-0.25, -0.2) is 4.98 Å². The Morgan fingerprint density at radius 2 is 2.24 bits per heavy atom. The zero-order valence-electron chi connectivity index (χ0n) is 15.1. The van der Waals surface area contributed by atoms with Gasteiger partial charge in [0.25, 0.3) is 0 Å². The second-order valence-electron chi connectivity index (χ2n) is 7.16. The predicted octanol–water partition coefficient (Wildman–Crippen LogP) is 3.12. The van der Waals surface area contributed by atoms with Gasteiger partial charge in [-0.15, -0.1) is 0 Å². The van der Waals surface area contributed by atoms with E-state index in [0.29, 0.717) is 24.6 Å². The molecule has 1 aliphatic rings. The zero-order chi connectivity index (χ0) is 18.2. The van der Waals surface area contributed by atoms with Crippen molar-refractivity contribution >= 4 is 11.6 Å². The van der Waals surface area contributed by atoms with E-state index in [1.807, 2.05) is 45.9 Å². The minimum atomic E-state index is -0.958. The van der Waals surface area contributed by atoms with Crippen molar-refractivity contribution in [1.82, 2.24) is 4.98 Å². The van der Waals surface area contributed by atoms with Gasteiger partial charge in [0.05, 0.1) is 12.3 Å². The molecule has 0 radical (unpaired) electrons. The number of nitrogens with zero attached hydrogens (tertiary/aromatic N) is 1. The second kappa shape index (κ2) is 6.28. The maximum absolute atomic E-state index is 12.8. The summed E-state index contributed by atoms with van der Waals surface area (Å²) in [7, 11) is 0. The van der Waals surface area contributed by atoms with Crippen LogP contribution in [0.2, 0.25) is 0 Å². The van der Waals surface area contributed by atoms with Gasteiger partial charge in [0, 0.05) is 29.7 Å². The Labute approximate surface area is 147 Å². The highest BCUT2D eigenvalue weighted by Gasteiger charge is 2.62. The van der Waals surface area contributed by atoms with Crippen molar-refractivity contribution in [3.05, 3.63) is 36.2 Å². The van der Waals surface area contributed by atoms with E-state index in [-0.39, 0.29) is 12.0 Å². The first-order chi connectivity index (χ1) is 11.8. The molecule has 1 aromatic heterocycles. The van der Waals surface area contributed by atoms with Gasteiger partial charge < -0.3 is 20.2 Å². The monoisotopic (exact) mass is 343 g/mol. The smallest absolute Gasteiger partial charge is 0.245 e. The number of oxazole rings is 1. The first-order valence-electron chi connectivity index (χ1n) is 8.52. The van der Waals surface area contributed by atoms with Gasteiger partial charge in [0.15, 0.2) is 0 Å². The highest BCUT2D eigenvalue weighted by Crippen LogP contribution is 2.50. The van der Waals surface area contributed by atoms with Gasteiger partial charge in [0.1, 0.15) is 11.8 Å². The summed E-state index contributed by atoms with van der Waals surface area (Å²) in [5.41, 5.74) is 7.58. The molecule has 1 fully saturated rings. The largest absolute Gasteiger partial charge is 0.445 e. The van der Waals surface area contributed by atoms with Crippen molar-refractivity contribution in [3.63, 3.8) is 0 Å². The number of amides is 1. The molecule has 1 aliphatic carbocycles. The van der Waals surface area contributed by atoms with Crippen LogP contribution in [0.1, 0.15) is 32.8 Å². The quantitative estimate of drug-likeness (QED) is 0.870. The van der Waals surface area contributed by atoms with Crippen molar-refractivity contribution in [1.29, 1.82) is 0 Å². The van der Waals surface area contributed by atoms with E-state index in [1.54, 1.807) is 6.20 Å². The minimum Gasteiger partial charge on any atom is -0.445 e. The van der Waals surface area contributed by atoms with Crippen LogP contribution < -0.4 is 11.1 Å². The van der Waals surface area contributed by atoms with E-state index >= 15 is 0 Å². The number of aryl methyl sites for hydroxylation is 1. The maximum atomic E-state index is 12.8. The van der Waals surface area contributed by atoms with Crippen LogP contribution in [0.3, 0.4) is 0 Å². The highest BCUT2D eigenvalue weighted by atomic mass is 16.5. The lowest BCUT2D eigenvalue weighted by Crippen LogP contribution is -2.74. The molecular formula is C19H25N3O3. The van der Waals surface area contributed by atoms with Crippen molar-refractivity contribution in [3.8, 4) is 11.5 Å². The topological polar surface area (TPSA) is 90.4 Å². The summed E-state index contributed by atoms with van der Waals surface area (Å²) in [6, 6.07) is 5.64. The molecule has 1 saturated carbocycles. The lowest BCUT2D eigenvalue weighted by molar-refractivity contribution is -0.166. The van der Waals surface area contributed by atoms with E-state index in [9.17, 15) is 4.79 Å². The first-order valence-corrected chi connectivity index (χ1v) is 8.52. The molecule has 2 aromatic rings. The Balaban J connectivity index is 1.79. The van der Waals surface area contributed by atoms with Crippen LogP contribution in [0.4, 0.5) is 5.69 Å². The number of hydrogen-bond donors (Lipinski definition) is 2. The fourth-order valence-corrected chi connectivity index (χ4v) is 3.35. The molecule has 3 rings (SSSR count). The number of aromatic nitrogens is 1. The molecule has 6 heteroatoms. The Bertz CT molecular complexity index is 770. The summed E-state index contributed by atoms with van der Waals surface area (Å²) in [4.78, 5) is 17.0. The van der Waals surface area contributed by atoms with E-state index in [2.05, 4.69) is 10.3 Å². The molecule has 1 heterocycles. The standard InChI is InChI=1S/C19H25N3O3/c1-5-24-15-11-19(20,18(15,3)4)17(23)22-13-7-6-12(2)14(10-13)16-21-8-9-25-16/h6-10,15H,5,11,20H2,1-4H3,(H,22,23). The number of nitrogens with two attached hydrogens (primary N) is 1. The van der Waals surface area contributed by atoms with Gasteiger partial charge in [-0.05, 0) is 31.5 Å². The van der Waals surface area contributed by atoms with Crippen LogP contribution in [0, 0.1) is 12.3 Å². The molecule has 0 saturated heterocycles. The molecule has 2 atom stereocenters. The molecule has 2 unspecified atom stereocenters. The Morgan fingerprint density at radius 3 is 2.84 bits per heavy atom. The molecule has 1 aromatic carbocycles. The maximum Gasteiger partial charge on any atom is 0.245 e. The van der Waals surface area contributed by atoms with Gasteiger partial charge in [-0.1, -0.05) is 19.9 Å². The molecule has 0 spiro atoms. The molecular weight excluding hydrogens is 318 g/mol. The van der Waals surface area contributed by atoms with E-state index in [1.165, 1.54) is 6.26 Å². The van der Waals surface area contributed by atoms with Crippen LogP contribution in [0.15, 0.2) is 35.1 Å². The van der Waals surface area contributed by atoms with Gasteiger partial charge in [0.2, 0.25) is 11.8 Å². The van der Waals surface area contributed by atoms with Crippen molar-refractivity contribution in [2.75, 3.05) is 11.9 Å². The molecule has 6 nitrogen and oxygen atoms in total. The van der Waals surface area contributed by atoms with Crippen LogP contribution in [-0.2, 0) is 9.53 Å². The molecule has 25 heavy (non-hydrogen) atoms. The third kappa shape index (κ3) is 2.85. The fourth-order valence-electron chi connectivity index (χ4n) is 3.35. The Kier molecular flexibility index (Phi) is 4.43. The molecule has 134 valence electrons. The SMILES string of the molecule is CCOC1CC(N)(C(=O)Nc2ccc(C)c(-c3ncco3)c2)C1(C)C. The molecule has 3 N–H and O–H groups in total. The third-order valence-electron chi connectivity index (χ3n) is 5.39. The Hall–Kier alpha value is -2.18. The number of hydrogen-bond acceptors (Lipinski definition) is 5. The second-order valence-corrected chi connectivity index (χ2v) is 7.16. The number of nitrogens with one attached hydrogen (secondary N) is 1. The molecule has 0 bridgehead atoms. The van der Waals surface area contributed by atoms with Gasteiger partial charge in [-0.3, -0.25) is 4.79 Å². The number of carbonyl (C=O) groups is 1. The van der Waals surface area contributed by atoms with E-state index in [4.69, 9.17) is 14.9 Å². The average Bonchev–Trinajstić information content (AvgIpc) is 3.10. The summed E-state index contributed by atoms with van der Waals surface area (Å²) >= 11 is 0. The van der Waals surface area contributed by atoms with Crippen LogP contribution in [0.5, 0.6) is 0 Å². The Morgan fingerprint density at radius 1 is 1.48 bits per heavy atom. The lowest BCUT2D eigenvalue weighted by Gasteiger charge is -2.57. The zero-order valence-corrected chi connectivity index (χ0v) is 15.1. The normalized spacial score (nSPS) is 24.6. The number of benzene rings is 1. The molecule has 1 amide bonds. The van der Waals surface area contributed by atoms with Crippen molar-refractivity contribution < 1.29 is 13.9 Å². The number of carbonyl (C=O) groups excluding carboxylic acids is 1. The minimum absolute atomic E-state index is 0.00542. The predicted molar refractivity (Wildman–Crippen MR) is 96.0 cm³/mol. The van der Waals surface area contributed by atoms with Crippen molar-refractivity contribution in [2.24, 2.45) is 11.1 Å². The summed E-state index contributed by atoms with van der Waals surface area (Å²) in [5.74, 6) is 0.326. The summed E-state index contributed by atoms with van der Waals surface area (Å²) in [6.45, 7) is 8.48. The number of anilines is 1. The third-order valence-corrected chi connectivity index (χ3v) is 5.39. The van der Waals surface area contributed by atoms with Gasteiger partial charge in [-0.2, -0.15) is 0 Å². The van der Waals surface area contributed by atoms with Crippen LogP contribution in [0.25, 0.3) is 11.5 Å². The number of rotatable bonds is 5. The number of ether oxygens (including phenoxy) is 1. The molecule has 0 aliphatic heterocycles. The summed E-state index contributed by atoms with van der Waals surface area (Å²) in [5, 5.41) is 2.94. The van der Waals surface area contributed by atoms with Crippen LogP contribution in [-0.4, -0.2) is 29.1 Å². The summed E-state index contributed by atoms with van der Waals surface area (Å²) in [6.07, 6.45) is 3.63. The first kappa shape index (κ1) is 17.6.